The van der Waals surface area contributed by atoms with Gasteiger partial charge < -0.3 is 15.2 Å². The lowest BCUT2D eigenvalue weighted by atomic mass is 10.1. The molecule has 0 spiro atoms. The van der Waals surface area contributed by atoms with Crippen LogP contribution in [0.5, 0.6) is 11.5 Å². The number of methoxy groups -OCH3 is 1. The second-order valence-electron chi connectivity index (χ2n) is 4.50. The van der Waals surface area contributed by atoms with Gasteiger partial charge in [0.05, 0.1) is 7.11 Å². The number of rotatable bonds is 5. The van der Waals surface area contributed by atoms with Gasteiger partial charge in [0.1, 0.15) is 23.1 Å². The third kappa shape index (κ3) is 3.48. The van der Waals surface area contributed by atoms with Gasteiger partial charge in [0.15, 0.2) is 0 Å². The Morgan fingerprint density at radius 3 is 2.65 bits per heavy atom. The number of nitrogens with two attached hydrogens (primary N) is 1. The van der Waals surface area contributed by atoms with E-state index in [9.17, 15) is 0 Å². The fourth-order valence-corrected chi connectivity index (χ4v) is 2.04. The molecule has 0 radical (unpaired) electrons. The van der Waals surface area contributed by atoms with E-state index >= 15 is 0 Å². The van der Waals surface area contributed by atoms with Crippen molar-refractivity contribution in [3.05, 3.63) is 59.2 Å². The van der Waals surface area contributed by atoms with E-state index < -0.39 is 0 Å². The van der Waals surface area contributed by atoms with Crippen LogP contribution in [0.1, 0.15) is 16.7 Å². The first-order valence-electron chi connectivity index (χ1n) is 6.26. The SMILES string of the molecule is COc1ccc(C(N)=S)cc1COc1cccc(C)c1. The molecule has 2 aromatic carbocycles. The van der Waals surface area contributed by atoms with E-state index in [1.165, 1.54) is 0 Å². The summed E-state index contributed by atoms with van der Waals surface area (Å²) < 4.78 is 11.1. The van der Waals surface area contributed by atoms with Crippen LogP contribution in [0.4, 0.5) is 0 Å². The Morgan fingerprint density at radius 1 is 1.20 bits per heavy atom. The van der Waals surface area contributed by atoms with Crippen LogP contribution in [-0.4, -0.2) is 12.1 Å². The van der Waals surface area contributed by atoms with Gasteiger partial charge >= 0.3 is 0 Å². The monoisotopic (exact) mass is 287 g/mol. The van der Waals surface area contributed by atoms with Crippen molar-refractivity contribution in [2.45, 2.75) is 13.5 Å². The zero-order chi connectivity index (χ0) is 14.5. The summed E-state index contributed by atoms with van der Waals surface area (Å²) in [6.45, 7) is 2.43. The normalized spacial score (nSPS) is 10.1. The van der Waals surface area contributed by atoms with Crippen LogP contribution in [0.2, 0.25) is 0 Å². The Balaban J connectivity index is 2.19. The molecule has 0 atom stereocenters. The van der Waals surface area contributed by atoms with Crippen molar-refractivity contribution in [1.29, 1.82) is 0 Å². The largest absolute Gasteiger partial charge is 0.496 e. The van der Waals surface area contributed by atoms with E-state index in [0.717, 1.165) is 28.2 Å². The van der Waals surface area contributed by atoms with Gasteiger partial charge in [0, 0.05) is 11.1 Å². The van der Waals surface area contributed by atoms with Gasteiger partial charge in [-0.1, -0.05) is 24.4 Å². The van der Waals surface area contributed by atoms with E-state index in [2.05, 4.69) is 0 Å². The predicted octanol–water partition coefficient (Wildman–Crippen LogP) is 3.22. The first kappa shape index (κ1) is 14.3. The number of hydrogen-bond acceptors (Lipinski definition) is 3. The summed E-state index contributed by atoms with van der Waals surface area (Å²) in [4.78, 5) is 0.365. The molecule has 2 aromatic rings. The van der Waals surface area contributed by atoms with Gasteiger partial charge in [-0.05, 0) is 42.8 Å². The van der Waals surface area contributed by atoms with E-state index in [1.54, 1.807) is 7.11 Å². The zero-order valence-corrected chi connectivity index (χ0v) is 12.4. The lowest BCUT2D eigenvalue weighted by Crippen LogP contribution is -2.10. The van der Waals surface area contributed by atoms with E-state index in [1.807, 2.05) is 49.4 Å². The minimum Gasteiger partial charge on any atom is -0.496 e. The van der Waals surface area contributed by atoms with Crippen LogP contribution >= 0.6 is 12.2 Å². The van der Waals surface area contributed by atoms with Crippen molar-refractivity contribution in [2.24, 2.45) is 5.73 Å². The maximum atomic E-state index is 5.79. The molecular weight excluding hydrogens is 270 g/mol. The molecule has 0 aliphatic heterocycles. The lowest BCUT2D eigenvalue weighted by molar-refractivity contribution is 0.296. The molecule has 2 rings (SSSR count). The van der Waals surface area contributed by atoms with Crippen LogP contribution in [0.3, 0.4) is 0 Å². The van der Waals surface area contributed by atoms with Gasteiger partial charge in [-0.15, -0.1) is 0 Å². The Morgan fingerprint density at radius 2 is 2.00 bits per heavy atom. The fourth-order valence-electron chi connectivity index (χ4n) is 1.91. The number of thiocarbonyl (C=S) groups is 1. The zero-order valence-electron chi connectivity index (χ0n) is 11.6. The second kappa shape index (κ2) is 6.39. The average molecular weight is 287 g/mol. The second-order valence-corrected chi connectivity index (χ2v) is 4.94. The third-order valence-corrected chi connectivity index (χ3v) is 3.18. The van der Waals surface area contributed by atoms with Crippen molar-refractivity contribution in [1.82, 2.24) is 0 Å². The standard InChI is InChI=1S/C16H17NO2S/c1-11-4-3-5-14(8-11)19-10-13-9-12(16(17)20)6-7-15(13)18-2/h3-9H,10H2,1-2H3,(H2,17,20). The Kier molecular flexibility index (Phi) is 4.58. The van der Waals surface area contributed by atoms with Gasteiger partial charge in [-0.2, -0.15) is 0 Å². The van der Waals surface area contributed by atoms with Crippen molar-refractivity contribution in [3.8, 4) is 11.5 Å². The Labute approximate surface area is 124 Å². The summed E-state index contributed by atoms with van der Waals surface area (Å²) in [5.74, 6) is 1.59. The predicted molar refractivity (Wildman–Crippen MR) is 84.4 cm³/mol. The minimum atomic E-state index is 0.365. The van der Waals surface area contributed by atoms with Gasteiger partial charge in [-0.3, -0.25) is 0 Å². The molecule has 0 bridgehead atoms. The molecule has 20 heavy (non-hydrogen) atoms. The van der Waals surface area contributed by atoms with Crippen molar-refractivity contribution < 1.29 is 9.47 Å². The number of aryl methyl sites for hydroxylation is 1. The summed E-state index contributed by atoms with van der Waals surface area (Å²) in [5, 5.41) is 0. The van der Waals surface area contributed by atoms with Crippen LogP contribution in [0, 0.1) is 6.92 Å². The summed E-state index contributed by atoms with van der Waals surface area (Å²) in [7, 11) is 1.63. The molecule has 0 aliphatic rings. The highest BCUT2D eigenvalue weighted by molar-refractivity contribution is 7.80. The van der Waals surface area contributed by atoms with Crippen LogP contribution in [0.15, 0.2) is 42.5 Å². The summed E-state index contributed by atoms with van der Waals surface area (Å²) in [6, 6.07) is 13.5. The molecule has 2 N–H and O–H groups in total. The maximum Gasteiger partial charge on any atom is 0.125 e. The Hall–Kier alpha value is -2.07. The number of hydrogen-bond donors (Lipinski definition) is 1. The summed E-state index contributed by atoms with van der Waals surface area (Å²) in [6.07, 6.45) is 0. The summed E-state index contributed by atoms with van der Waals surface area (Å²) >= 11 is 4.99. The lowest BCUT2D eigenvalue weighted by Gasteiger charge is -2.12. The molecule has 4 heteroatoms. The highest BCUT2D eigenvalue weighted by atomic mass is 32.1. The molecule has 0 saturated heterocycles. The number of benzene rings is 2. The molecule has 0 unspecified atom stereocenters. The smallest absolute Gasteiger partial charge is 0.125 e. The quantitative estimate of drug-likeness (QED) is 0.858. The molecule has 0 aromatic heterocycles. The molecule has 0 heterocycles. The van der Waals surface area contributed by atoms with Gasteiger partial charge in [0.2, 0.25) is 0 Å². The average Bonchev–Trinajstić information content (AvgIpc) is 2.44. The Bertz CT molecular complexity index is 626. The van der Waals surface area contributed by atoms with Crippen molar-refractivity contribution in [2.75, 3.05) is 7.11 Å². The highest BCUT2D eigenvalue weighted by Gasteiger charge is 2.07. The van der Waals surface area contributed by atoms with Crippen LogP contribution < -0.4 is 15.2 Å². The summed E-state index contributed by atoms with van der Waals surface area (Å²) in [5.41, 5.74) is 8.53. The molecule has 104 valence electrons. The van der Waals surface area contributed by atoms with Gasteiger partial charge in [0.25, 0.3) is 0 Å². The first-order valence-corrected chi connectivity index (χ1v) is 6.67. The van der Waals surface area contributed by atoms with Crippen LogP contribution in [0.25, 0.3) is 0 Å². The third-order valence-electron chi connectivity index (χ3n) is 2.95. The molecule has 0 fully saturated rings. The van der Waals surface area contributed by atoms with E-state index in [-0.39, 0.29) is 0 Å². The van der Waals surface area contributed by atoms with Crippen LogP contribution in [-0.2, 0) is 6.61 Å². The highest BCUT2D eigenvalue weighted by Crippen LogP contribution is 2.22. The first-order chi connectivity index (χ1) is 9.60. The fraction of sp³-hybridized carbons (Fsp3) is 0.188. The topological polar surface area (TPSA) is 44.5 Å². The number of ether oxygens (including phenoxy) is 2. The minimum absolute atomic E-state index is 0.365. The molecule has 3 nitrogen and oxygen atoms in total. The maximum absolute atomic E-state index is 5.79. The van der Waals surface area contributed by atoms with Crippen molar-refractivity contribution >= 4 is 17.2 Å². The molecule has 0 aliphatic carbocycles. The molecule has 0 saturated carbocycles. The molecular formula is C16H17NO2S. The van der Waals surface area contributed by atoms with Crippen molar-refractivity contribution in [3.63, 3.8) is 0 Å². The molecule has 0 amide bonds. The van der Waals surface area contributed by atoms with E-state index in [4.69, 9.17) is 27.4 Å². The van der Waals surface area contributed by atoms with E-state index in [0.29, 0.717) is 11.6 Å². The van der Waals surface area contributed by atoms with Gasteiger partial charge in [-0.25, -0.2) is 0 Å².